The maximum atomic E-state index is 13.0. The first kappa shape index (κ1) is 28.0. The van der Waals surface area contributed by atoms with E-state index in [1.807, 2.05) is 24.3 Å². The number of nitrogens with zero attached hydrogens (tertiary/aromatic N) is 1. The summed E-state index contributed by atoms with van der Waals surface area (Å²) in [4.78, 5) is 13.0. The molecule has 2 aromatic carbocycles. The molecule has 1 unspecified atom stereocenters. The molecule has 2 fully saturated rings. The Morgan fingerprint density at radius 2 is 2.00 bits per heavy atom. The smallest absolute Gasteiger partial charge is 0.224 e. The SMILES string of the molecule is C=CC[N@@+]1(CC(C)C)CC[C@]2(c3cccc(O)c3)C[C@@H](NC(=O)Cc3ccc(Cl)c(Cl)c3)CCC2(O)C1. The predicted octanol–water partition coefficient (Wildman–Crippen LogP) is 5.64. The molecule has 4 atom stereocenters. The van der Waals surface area contributed by atoms with E-state index in [4.69, 9.17) is 23.2 Å². The monoisotopic (exact) mass is 545 g/mol. The summed E-state index contributed by atoms with van der Waals surface area (Å²) in [5, 5.41) is 26.9. The van der Waals surface area contributed by atoms with Crippen LogP contribution in [0.15, 0.2) is 55.1 Å². The standard InChI is InChI=1S/C30H38Cl2N2O3/c1-4-13-34(19-21(2)3)14-12-29(23-6-5-7-25(35)17-23)18-24(10-11-30(29,37)20-34)33-28(36)16-22-8-9-26(31)27(32)15-22/h4-9,15,17,21,24,37H,1,10-14,16,18-20H2,2-3H3,(H-,33,35,36)/p+1/t24-,29+,30?,34-/m0/s1. The number of halogens is 2. The molecule has 37 heavy (non-hydrogen) atoms. The molecule has 0 radical (unpaired) electrons. The van der Waals surface area contributed by atoms with Gasteiger partial charge in [-0.15, -0.1) is 0 Å². The number of aromatic hydroxyl groups is 1. The highest BCUT2D eigenvalue weighted by Crippen LogP contribution is 2.53. The lowest BCUT2D eigenvalue weighted by atomic mass is 9.54. The second kappa shape index (κ2) is 11.0. The zero-order chi connectivity index (χ0) is 26.8. The second-order valence-electron chi connectivity index (χ2n) is 11.6. The molecule has 2 aromatic rings. The van der Waals surface area contributed by atoms with Gasteiger partial charge in [-0.1, -0.05) is 61.8 Å². The van der Waals surface area contributed by atoms with Gasteiger partial charge in [-0.05, 0) is 60.7 Å². The van der Waals surface area contributed by atoms with Crippen molar-refractivity contribution in [3.63, 3.8) is 0 Å². The molecule has 0 spiro atoms. The van der Waals surface area contributed by atoms with E-state index in [2.05, 4.69) is 25.7 Å². The zero-order valence-corrected chi connectivity index (χ0v) is 23.4. The number of carbonyl (C=O) groups is 1. The van der Waals surface area contributed by atoms with Crippen molar-refractivity contribution >= 4 is 29.1 Å². The Bertz CT molecular complexity index is 1160. The molecule has 1 heterocycles. The van der Waals surface area contributed by atoms with Gasteiger partial charge in [-0.2, -0.15) is 0 Å². The number of nitrogens with one attached hydrogen (secondary N) is 1. The van der Waals surface area contributed by atoms with Crippen molar-refractivity contribution in [2.45, 2.75) is 63.0 Å². The number of phenolic OH excluding ortho intramolecular Hbond substituents is 1. The molecule has 200 valence electrons. The molecule has 1 aliphatic heterocycles. The number of rotatable bonds is 8. The summed E-state index contributed by atoms with van der Waals surface area (Å²) in [5.74, 6) is 0.612. The third-order valence-corrected chi connectivity index (χ3v) is 9.12. The first-order chi connectivity index (χ1) is 17.5. The number of quaternary nitrogens is 1. The van der Waals surface area contributed by atoms with Crippen molar-refractivity contribution in [1.82, 2.24) is 5.32 Å². The van der Waals surface area contributed by atoms with Crippen molar-refractivity contribution in [3.05, 3.63) is 76.3 Å². The van der Waals surface area contributed by atoms with Crippen molar-refractivity contribution in [2.75, 3.05) is 26.2 Å². The van der Waals surface area contributed by atoms with Gasteiger partial charge in [0, 0.05) is 23.8 Å². The number of carbonyl (C=O) groups excluding carboxylic acids is 1. The summed E-state index contributed by atoms with van der Waals surface area (Å²) in [7, 11) is 0. The number of likely N-dealkylation sites (tertiary alicyclic amines) is 1. The quantitative estimate of drug-likeness (QED) is 0.297. The molecule has 0 bridgehead atoms. The Balaban J connectivity index is 1.61. The summed E-state index contributed by atoms with van der Waals surface area (Å²) >= 11 is 12.2. The van der Waals surface area contributed by atoms with Crippen LogP contribution in [0.25, 0.3) is 0 Å². The topological polar surface area (TPSA) is 69.6 Å². The van der Waals surface area contributed by atoms with Crippen LogP contribution >= 0.6 is 23.2 Å². The number of aliphatic hydroxyl groups is 1. The molecule has 3 N–H and O–H groups in total. The lowest BCUT2D eigenvalue weighted by Gasteiger charge is -2.60. The highest BCUT2D eigenvalue weighted by Gasteiger charge is 2.62. The van der Waals surface area contributed by atoms with E-state index in [1.165, 1.54) is 0 Å². The van der Waals surface area contributed by atoms with Gasteiger partial charge in [-0.25, -0.2) is 0 Å². The van der Waals surface area contributed by atoms with Gasteiger partial charge in [-0.3, -0.25) is 4.79 Å². The number of phenols is 1. The molecule has 4 rings (SSSR count). The Kier molecular flexibility index (Phi) is 8.30. The van der Waals surface area contributed by atoms with Gasteiger partial charge in [0.25, 0.3) is 0 Å². The number of piperidine rings is 1. The fraction of sp³-hybridized carbons (Fsp3) is 0.500. The average molecular weight is 547 g/mol. The Morgan fingerprint density at radius 3 is 2.68 bits per heavy atom. The van der Waals surface area contributed by atoms with Crippen molar-refractivity contribution in [1.29, 1.82) is 0 Å². The Labute approximate surface area is 230 Å². The largest absolute Gasteiger partial charge is 0.508 e. The van der Waals surface area contributed by atoms with Crippen LogP contribution in [0.5, 0.6) is 5.75 Å². The van der Waals surface area contributed by atoms with Crippen LogP contribution in [0.1, 0.15) is 50.7 Å². The molecule has 0 aromatic heterocycles. The van der Waals surface area contributed by atoms with Gasteiger partial charge < -0.3 is 20.0 Å². The number of benzene rings is 2. The van der Waals surface area contributed by atoms with Gasteiger partial charge in [0.2, 0.25) is 5.91 Å². The maximum absolute atomic E-state index is 13.0. The minimum absolute atomic E-state index is 0.0766. The van der Waals surface area contributed by atoms with Gasteiger partial charge in [0.15, 0.2) is 0 Å². The van der Waals surface area contributed by atoms with E-state index in [1.54, 1.807) is 24.3 Å². The third-order valence-electron chi connectivity index (χ3n) is 8.38. The van der Waals surface area contributed by atoms with Gasteiger partial charge in [0.1, 0.15) is 17.9 Å². The van der Waals surface area contributed by atoms with Crippen LogP contribution < -0.4 is 5.32 Å². The lowest BCUT2D eigenvalue weighted by Crippen LogP contribution is -2.73. The molecular weight excluding hydrogens is 507 g/mol. The number of amides is 1. The van der Waals surface area contributed by atoms with Crippen LogP contribution in [0.3, 0.4) is 0 Å². The van der Waals surface area contributed by atoms with Gasteiger partial charge in [0.05, 0.1) is 36.1 Å². The highest BCUT2D eigenvalue weighted by molar-refractivity contribution is 6.42. The van der Waals surface area contributed by atoms with Crippen LogP contribution in [-0.2, 0) is 16.6 Å². The number of hydrogen-bond donors (Lipinski definition) is 3. The van der Waals surface area contributed by atoms with E-state index in [9.17, 15) is 15.0 Å². The molecule has 1 saturated carbocycles. The van der Waals surface area contributed by atoms with E-state index in [-0.39, 0.29) is 24.1 Å². The van der Waals surface area contributed by atoms with Crippen LogP contribution in [0.2, 0.25) is 10.0 Å². The van der Waals surface area contributed by atoms with Crippen molar-refractivity contribution < 1.29 is 19.5 Å². The highest BCUT2D eigenvalue weighted by atomic mass is 35.5. The van der Waals surface area contributed by atoms with Crippen LogP contribution in [-0.4, -0.2) is 58.4 Å². The summed E-state index contributed by atoms with van der Waals surface area (Å²) in [6.07, 6.45) is 4.85. The number of hydrogen-bond acceptors (Lipinski definition) is 3. The van der Waals surface area contributed by atoms with E-state index < -0.39 is 11.0 Å². The van der Waals surface area contributed by atoms with Gasteiger partial charge >= 0.3 is 0 Å². The maximum Gasteiger partial charge on any atom is 0.224 e. The zero-order valence-electron chi connectivity index (χ0n) is 21.9. The van der Waals surface area contributed by atoms with E-state index >= 15 is 0 Å². The van der Waals surface area contributed by atoms with Crippen LogP contribution in [0, 0.1) is 5.92 Å². The first-order valence-corrected chi connectivity index (χ1v) is 14.0. The van der Waals surface area contributed by atoms with E-state index in [0.717, 1.165) is 41.7 Å². The summed E-state index contributed by atoms with van der Waals surface area (Å²) in [5.41, 5.74) is 0.229. The normalized spacial score (nSPS) is 29.5. The molecule has 7 heteroatoms. The Hall–Kier alpha value is -2.05. The molecule has 5 nitrogen and oxygen atoms in total. The minimum Gasteiger partial charge on any atom is -0.508 e. The van der Waals surface area contributed by atoms with Crippen LogP contribution in [0.4, 0.5) is 0 Å². The molecular formula is C30H39Cl2N2O3+. The predicted molar refractivity (Wildman–Crippen MR) is 150 cm³/mol. The third kappa shape index (κ3) is 5.85. The van der Waals surface area contributed by atoms with Crippen molar-refractivity contribution in [2.24, 2.45) is 5.92 Å². The summed E-state index contributed by atoms with van der Waals surface area (Å²) in [6, 6.07) is 12.5. The summed E-state index contributed by atoms with van der Waals surface area (Å²) < 4.78 is 0.812. The Morgan fingerprint density at radius 1 is 1.22 bits per heavy atom. The average Bonchev–Trinajstić information content (AvgIpc) is 2.81. The van der Waals surface area contributed by atoms with E-state index in [0.29, 0.717) is 41.8 Å². The fourth-order valence-electron chi connectivity index (χ4n) is 7.00. The second-order valence-corrected chi connectivity index (χ2v) is 12.4. The minimum atomic E-state index is -0.956. The summed E-state index contributed by atoms with van der Waals surface area (Å²) in [6.45, 7) is 11.8. The number of fused-ring (bicyclic) bond motifs is 1. The fourth-order valence-corrected chi connectivity index (χ4v) is 7.32. The first-order valence-electron chi connectivity index (χ1n) is 13.2. The lowest BCUT2D eigenvalue weighted by molar-refractivity contribution is -0.938. The molecule has 2 aliphatic rings. The molecule has 1 saturated heterocycles. The molecule has 1 amide bonds. The van der Waals surface area contributed by atoms with Crippen molar-refractivity contribution in [3.8, 4) is 5.75 Å². The molecule has 1 aliphatic carbocycles.